The SMILES string of the molecule is CC(C)(C)N(C(N)=S)c1ccccc1[N+](=O)[O-]. The van der Waals surface area contributed by atoms with Crippen molar-refractivity contribution in [3.63, 3.8) is 0 Å². The molecule has 1 rings (SSSR count). The van der Waals surface area contributed by atoms with Gasteiger partial charge in [-0.2, -0.15) is 0 Å². The molecule has 0 aliphatic carbocycles. The maximum absolute atomic E-state index is 11.0. The van der Waals surface area contributed by atoms with Gasteiger partial charge < -0.3 is 10.6 Å². The molecular weight excluding hydrogens is 238 g/mol. The Morgan fingerprint density at radius 3 is 2.35 bits per heavy atom. The summed E-state index contributed by atoms with van der Waals surface area (Å²) in [5, 5.41) is 11.1. The number of hydrogen-bond acceptors (Lipinski definition) is 3. The van der Waals surface area contributed by atoms with E-state index in [-0.39, 0.29) is 10.8 Å². The highest BCUT2D eigenvalue weighted by Gasteiger charge is 2.29. The highest BCUT2D eigenvalue weighted by molar-refractivity contribution is 7.80. The van der Waals surface area contributed by atoms with Crippen LogP contribution in [0.1, 0.15) is 20.8 Å². The first kappa shape index (κ1) is 13.4. The molecule has 0 aliphatic heterocycles. The minimum atomic E-state index is -0.438. The second kappa shape index (κ2) is 4.67. The Labute approximate surface area is 105 Å². The summed E-state index contributed by atoms with van der Waals surface area (Å²) in [6.07, 6.45) is 0. The lowest BCUT2D eigenvalue weighted by molar-refractivity contribution is -0.384. The minimum Gasteiger partial charge on any atom is -0.376 e. The lowest BCUT2D eigenvalue weighted by Crippen LogP contribution is -2.48. The third-order valence-electron chi connectivity index (χ3n) is 2.21. The van der Waals surface area contributed by atoms with E-state index >= 15 is 0 Å². The van der Waals surface area contributed by atoms with E-state index in [1.165, 1.54) is 6.07 Å². The van der Waals surface area contributed by atoms with Crippen molar-refractivity contribution in [3.8, 4) is 0 Å². The maximum Gasteiger partial charge on any atom is 0.292 e. The van der Waals surface area contributed by atoms with Crippen molar-refractivity contribution in [2.45, 2.75) is 26.3 Å². The summed E-state index contributed by atoms with van der Waals surface area (Å²) in [6, 6.07) is 6.41. The summed E-state index contributed by atoms with van der Waals surface area (Å²) in [5.41, 5.74) is 5.65. The van der Waals surface area contributed by atoms with Gasteiger partial charge >= 0.3 is 0 Å². The van der Waals surface area contributed by atoms with Crippen LogP contribution in [0.4, 0.5) is 11.4 Å². The average Bonchev–Trinajstić information content (AvgIpc) is 2.15. The fourth-order valence-electron chi connectivity index (χ4n) is 1.62. The summed E-state index contributed by atoms with van der Waals surface area (Å²) in [7, 11) is 0. The average molecular weight is 253 g/mol. The van der Waals surface area contributed by atoms with Crippen molar-refractivity contribution in [2.24, 2.45) is 5.73 Å². The Morgan fingerprint density at radius 1 is 1.41 bits per heavy atom. The Balaban J connectivity index is 3.39. The predicted molar refractivity (Wildman–Crippen MR) is 72.1 cm³/mol. The summed E-state index contributed by atoms with van der Waals surface area (Å²) in [6.45, 7) is 5.68. The maximum atomic E-state index is 11.0. The van der Waals surface area contributed by atoms with Crippen LogP contribution in [-0.2, 0) is 0 Å². The number of nitro benzene ring substituents is 1. The van der Waals surface area contributed by atoms with E-state index in [0.29, 0.717) is 5.69 Å². The Hall–Kier alpha value is -1.69. The van der Waals surface area contributed by atoms with E-state index in [1.54, 1.807) is 23.1 Å². The number of para-hydroxylation sites is 2. The minimum absolute atomic E-state index is 0.00442. The largest absolute Gasteiger partial charge is 0.376 e. The number of benzene rings is 1. The number of rotatable bonds is 2. The van der Waals surface area contributed by atoms with Gasteiger partial charge in [0.15, 0.2) is 5.11 Å². The van der Waals surface area contributed by atoms with Gasteiger partial charge in [0, 0.05) is 11.6 Å². The Morgan fingerprint density at radius 2 is 1.94 bits per heavy atom. The highest BCUT2D eigenvalue weighted by atomic mass is 32.1. The first-order chi connectivity index (χ1) is 7.75. The topological polar surface area (TPSA) is 72.4 Å². The number of nitro groups is 1. The molecule has 92 valence electrons. The van der Waals surface area contributed by atoms with E-state index in [1.807, 2.05) is 20.8 Å². The molecule has 0 spiro atoms. The van der Waals surface area contributed by atoms with Crippen molar-refractivity contribution in [1.29, 1.82) is 0 Å². The number of nitrogens with two attached hydrogens (primary N) is 1. The molecule has 0 heterocycles. The van der Waals surface area contributed by atoms with E-state index in [4.69, 9.17) is 18.0 Å². The molecule has 5 nitrogen and oxygen atoms in total. The van der Waals surface area contributed by atoms with Crippen molar-refractivity contribution in [2.75, 3.05) is 4.90 Å². The van der Waals surface area contributed by atoms with Gasteiger partial charge in [-0.15, -0.1) is 0 Å². The molecule has 0 radical (unpaired) electrons. The number of hydrogen-bond donors (Lipinski definition) is 1. The number of thiocarbonyl (C=S) groups is 1. The molecule has 0 bridgehead atoms. The van der Waals surface area contributed by atoms with Crippen LogP contribution in [0.5, 0.6) is 0 Å². The summed E-state index contributed by atoms with van der Waals surface area (Å²) in [4.78, 5) is 12.1. The molecule has 0 saturated carbocycles. The summed E-state index contributed by atoms with van der Waals surface area (Å²) in [5.74, 6) is 0. The van der Waals surface area contributed by atoms with Gasteiger partial charge in [0.25, 0.3) is 5.69 Å². The van der Waals surface area contributed by atoms with Crippen LogP contribution in [0, 0.1) is 10.1 Å². The molecule has 2 N–H and O–H groups in total. The highest BCUT2D eigenvalue weighted by Crippen LogP contribution is 2.32. The van der Waals surface area contributed by atoms with Crippen LogP contribution in [-0.4, -0.2) is 15.6 Å². The van der Waals surface area contributed by atoms with Gasteiger partial charge in [0.1, 0.15) is 5.69 Å². The molecule has 0 fully saturated rings. The van der Waals surface area contributed by atoms with Gasteiger partial charge in [-0.1, -0.05) is 12.1 Å². The quantitative estimate of drug-likeness (QED) is 0.498. The standard InChI is InChI=1S/C11H15N3O2S/c1-11(2,3)13(10(12)17)8-6-4-5-7-9(8)14(15)16/h4-7H,1-3H3,(H2,12,17). The van der Waals surface area contributed by atoms with E-state index in [2.05, 4.69) is 0 Å². The number of nitrogens with zero attached hydrogens (tertiary/aromatic N) is 2. The molecule has 0 unspecified atom stereocenters. The van der Waals surface area contributed by atoms with Crippen LogP contribution in [0.2, 0.25) is 0 Å². The monoisotopic (exact) mass is 253 g/mol. The predicted octanol–water partition coefficient (Wildman–Crippen LogP) is 2.44. The lowest BCUT2D eigenvalue weighted by atomic mass is 10.0. The second-order valence-electron chi connectivity index (χ2n) is 4.59. The molecule has 1 aromatic carbocycles. The zero-order chi connectivity index (χ0) is 13.2. The molecule has 0 aliphatic rings. The molecule has 0 aromatic heterocycles. The van der Waals surface area contributed by atoms with Crippen molar-refractivity contribution >= 4 is 28.7 Å². The zero-order valence-corrected chi connectivity index (χ0v) is 10.8. The molecule has 17 heavy (non-hydrogen) atoms. The fourth-order valence-corrected chi connectivity index (χ4v) is 1.99. The van der Waals surface area contributed by atoms with Gasteiger partial charge in [-0.25, -0.2) is 0 Å². The molecular formula is C11H15N3O2S. The van der Waals surface area contributed by atoms with E-state index < -0.39 is 10.5 Å². The molecule has 6 heteroatoms. The fraction of sp³-hybridized carbons (Fsp3) is 0.364. The van der Waals surface area contributed by atoms with E-state index in [0.717, 1.165) is 0 Å². The van der Waals surface area contributed by atoms with Gasteiger partial charge in [-0.05, 0) is 39.1 Å². The Bertz CT molecular complexity index is 454. The lowest BCUT2D eigenvalue weighted by Gasteiger charge is -2.35. The van der Waals surface area contributed by atoms with Crippen molar-refractivity contribution in [3.05, 3.63) is 34.4 Å². The van der Waals surface area contributed by atoms with Gasteiger partial charge in [0.05, 0.1) is 4.92 Å². The zero-order valence-electron chi connectivity index (χ0n) is 10.0. The van der Waals surface area contributed by atoms with Gasteiger partial charge in [-0.3, -0.25) is 10.1 Å². The molecule has 0 amide bonds. The first-order valence-electron chi connectivity index (χ1n) is 5.08. The van der Waals surface area contributed by atoms with Gasteiger partial charge in [0.2, 0.25) is 0 Å². The van der Waals surface area contributed by atoms with Crippen LogP contribution in [0.15, 0.2) is 24.3 Å². The van der Waals surface area contributed by atoms with Crippen molar-refractivity contribution in [1.82, 2.24) is 0 Å². The smallest absolute Gasteiger partial charge is 0.292 e. The van der Waals surface area contributed by atoms with Crippen LogP contribution in [0.25, 0.3) is 0 Å². The third-order valence-corrected chi connectivity index (χ3v) is 2.39. The molecule has 0 saturated heterocycles. The summed E-state index contributed by atoms with van der Waals surface area (Å²) < 4.78 is 0. The van der Waals surface area contributed by atoms with Crippen molar-refractivity contribution < 1.29 is 4.92 Å². The number of anilines is 1. The Kier molecular flexibility index (Phi) is 3.67. The summed E-state index contributed by atoms with van der Waals surface area (Å²) >= 11 is 4.97. The second-order valence-corrected chi connectivity index (χ2v) is 5.01. The molecule has 1 aromatic rings. The first-order valence-corrected chi connectivity index (χ1v) is 5.49. The van der Waals surface area contributed by atoms with E-state index in [9.17, 15) is 10.1 Å². The molecule has 0 atom stereocenters. The third kappa shape index (κ3) is 2.91. The van der Waals surface area contributed by atoms with Crippen LogP contribution < -0.4 is 10.6 Å². The van der Waals surface area contributed by atoms with Crippen LogP contribution in [0.3, 0.4) is 0 Å². The normalized spacial score (nSPS) is 11.0. The van der Waals surface area contributed by atoms with Crippen LogP contribution >= 0.6 is 12.2 Å².